The molecule has 0 saturated heterocycles. The van der Waals surface area contributed by atoms with Crippen LogP contribution in [0.15, 0.2) is 24.8 Å². The third-order valence-corrected chi connectivity index (χ3v) is 2.25. The Morgan fingerprint density at radius 3 is 2.81 bits per heavy atom. The quantitative estimate of drug-likeness (QED) is 0.749. The maximum Gasteiger partial charge on any atom is 0.123 e. The fraction of sp³-hybridized carbons (Fsp3) is 0.385. The maximum absolute atomic E-state index is 13.1. The Hall–Kier alpha value is -1.35. The van der Waals surface area contributed by atoms with Crippen molar-refractivity contribution in [1.29, 1.82) is 0 Å². The minimum atomic E-state index is -0.235. The average Bonchev–Trinajstić information content (AvgIpc) is 2.26. The molecule has 0 amide bonds. The van der Waals surface area contributed by atoms with Crippen LogP contribution in [0.2, 0.25) is 0 Å². The molecule has 2 nitrogen and oxygen atoms in total. The molecule has 88 valence electrons. The van der Waals surface area contributed by atoms with Crippen LogP contribution in [0.4, 0.5) is 4.39 Å². The van der Waals surface area contributed by atoms with E-state index < -0.39 is 0 Å². The largest absolute Gasteiger partial charge is 0.494 e. The molecule has 0 heterocycles. The highest BCUT2D eigenvalue weighted by Crippen LogP contribution is 2.20. The van der Waals surface area contributed by atoms with Gasteiger partial charge in [0.1, 0.15) is 11.6 Å². The van der Waals surface area contributed by atoms with E-state index in [-0.39, 0.29) is 5.82 Å². The van der Waals surface area contributed by atoms with Crippen molar-refractivity contribution in [3.05, 3.63) is 41.7 Å². The van der Waals surface area contributed by atoms with Crippen molar-refractivity contribution in [2.24, 2.45) is 0 Å². The number of hydrogen-bond donors (Lipinski definition) is 1. The number of halogens is 1. The van der Waals surface area contributed by atoms with Gasteiger partial charge >= 0.3 is 0 Å². The smallest absolute Gasteiger partial charge is 0.123 e. The Morgan fingerprint density at radius 1 is 1.44 bits per heavy atom. The first-order chi connectivity index (χ1) is 7.69. The van der Waals surface area contributed by atoms with Crippen LogP contribution in [-0.4, -0.2) is 13.2 Å². The molecule has 0 radical (unpaired) electrons. The summed E-state index contributed by atoms with van der Waals surface area (Å²) in [5, 5.41) is 3.17. The van der Waals surface area contributed by atoms with Crippen LogP contribution in [0.1, 0.15) is 25.0 Å². The van der Waals surface area contributed by atoms with E-state index in [4.69, 9.17) is 4.74 Å². The summed E-state index contributed by atoms with van der Waals surface area (Å²) < 4.78 is 18.5. The summed E-state index contributed by atoms with van der Waals surface area (Å²) in [4.78, 5) is 0. The molecule has 3 heteroatoms. The van der Waals surface area contributed by atoms with E-state index in [0.717, 1.165) is 17.7 Å². The van der Waals surface area contributed by atoms with Crippen molar-refractivity contribution in [2.45, 2.75) is 20.4 Å². The second-order valence-electron chi connectivity index (χ2n) is 3.44. The molecule has 0 aliphatic rings. The van der Waals surface area contributed by atoms with E-state index in [9.17, 15) is 4.39 Å². The lowest BCUT2D eigenvalue weighted by Gasteiger charge is -2.12. The summed E-state index contributed by atoms with van der Waals surface area (Å²) in [5.41, 5.74) is 1.74. The molecule has 0 saturated carbocycles. The van der Waals surface area contributed by atoms with Gasteiger partial charge in [-0.15, -0.1) is 0 Å². The van der Waals surface area contributed by atoms with Gasteiger partial charge in [0.2, 0.25) is 0 Å². The number of ether oxygens (including phenoxy) is 1. The number of nitrogens with one attached hydrogen (secondary N) is 1. The lowest BCUT2D eigenvalue weighted by Crippen LogP contribution is -2.13. The predicted molar refractivity (Wildman–Crippen MR) is 64.4 cm³/mol. The van der Waals surface area contributed by atoms with Gasteiger partial charge in [0.15, 0.2) is 0 Å². The van der Waals surface area contributed by atoms with Crippen molar-refractivity contribution in [3.8, 4) is 0 Å². The molecule has 0 aromatic heterocycles. The Kier molecular flexibility index (Phi) is 4.99. The van der Waals surface area contributed by atoms with Gasteiger partial charge in [0.05, 0.1) is 6.61 Å². The summed E-state index contributed by atoms with van der Waals surface area (Å²) in [6.45, 7) is 9.78. The standard InChI is InChI=1S/C13H18FNO/c1-4-15-9-11-8-12(14)6-7-13(11)10(3)16-5-2/h6-8,15H,3-5,9H2,1-2H3. The van der Waals surface area contributed by atoms with E-state index >= 15 is 0 Å². The number of rotatable bonds is 6. The summed E-state index contributed by atoms with van der Waals surface area (Å²) in [6.07, 6.45) is 0. The van der Waals surface area contributed by atoms with E-state index in [1.807, 2.05) is 13.8 Å². The van der Waals surface area contributed by atoms with Crippen LogP contribution >= 0.6 is 0 Å². The highest BCUT2D eigenvalue weighted by molar-refractivity contribution is 5.61. The Bertz CT molecular complexity index is 363. The third kappa shape index (κ3) is 3.35. The molecule has 0 atom stereocenters. The van der Waals surface area contributed by atoms with Gasteiger partial charge in [-0.25, -0.2) is 4.39 Å². The summed E-state index contributed by atoms with van der Waals surface area (Å²) >= 11 is 0. The van der Waals surface area contributed by atoms with Crippen molar-refractivity contribution in [1.82, 2.24) is 5.32 Å². The number of benzene rings is 1. The predicted octanol–water partition coefficient (Wildman–Crippen LogP) is 2.94. The molecule has 1 aromatic rings. The molecule has 1 aromatic carbocycles. The van der Waals surface area contributed by atoms with Crippen molar-refractivity contribution in [3.63, 3.8) is 0 Å². The normalized spacial score (nSPS) is 10.2. The zero-order chi connectivity index (χ0) is 12.0. The van der Waals surface area contributed by atoms with Gasteiger partial charge in [-0.1, -0.05) is 13.5 Å². The SMILES string of the molecule is C=C(OCC)c1ccc(F)cc1CNCC. The molecular formula is C13H18FNO. The van der Waals surface area contributed by atoms with Gasteiger partial charge in [-0.2, -0.15) is 0 Å². The van der Waals surface area contributed by atoms with E-state index in [1.54, 1.807) is 6.07 Å². The molecule has 0 aliphatic heterocycles. The van der Waals surface area contributed by atoms with Crippen LogP contribution in [0.25, 0.3) is 5.76 Å². The summed E-state index contributed by atoms with van der Waals surface area (Å²) in [7, 11) is 0. The highest BCUT2D eigenvalue weighted by atomic mass is 19.1. The van der Waals surface area contributed by atoms with Crippen LogP contribution in [0, 0.1) is 5.82 Å². The van der Waals surface area contributed by atoms with E-state index in [0.29, 0.717) is 18.9 Å². The zero-order valence-electron chi connectivity index (χ0n) is 9.85. The summed E-state index contributed by atoms with van der Waals surface area (Å²) in [6, 6.07) is 4.65. The van der Waals surface area contributed by atoms with E-state index in [2.05, 4.69) is 11.9 Å². The second kappa shape index (κ2) is 6.28. The molecule has 1 N–H and O–H groups in total. The monoisotopic (exact) mass is 223 g/mol. The van der Waals surface area contributed by atoms with Gasteiger partial charge < -0.3 is 10.1 Å². The lowest BCUT2D eigenvalue weighted by molar-refractivity contribution is 0.298. The summed E-state index contributed by atoms with van der Waals surface area (Å²) in [5.74, 6) is 0.358. The lowest BCUT2D eigenvalue weighted by atomic mass is 10.1. The van der Waals surface area contributed by atoms with Crippen LogP contribution in [0.3, 0.4) is 0 Å². The van der Waals surface area contributed by atoms with Crippen LogP contribution < -0.4 is 5.32 Å². The van der Waals surface area contributed by atoms with Crippen molar-refractivity contribution >= 4 is 5.76 Å². The minimum absolute atomic E-state index is 0.235. The molecule has 0 bridgehead atoms. The van der Waals surface area contributed by atoms with Gasteiger partial charge in [0, 0.05) is 12.1 Å². The Balaban J connectivity index is 2.92. The first-order valence-corrected chi connectivity index (χ1v) is 5.50. The number of hydrogen-bond acceptors (Lipinski definition) is 2. The van der Waals surface area contributed by atoms with Crippen molar-refractivity contribution < 1.29 is 9.13 Å². The molecule has 0 spiro atoms. The van der Waals surface area contributed by atoms with Gasteiger partial charge in [-0.3, -0.25) is 0 Å². The fourth-order valence-electron chi connectivity index (χ4n) is 1.49. The fourth-order valence-corrected chi connectivity index (χ4v) is 1.49. The molecular weight excluding hydrogens is 205 g/mol. The third-order valence-electron chi connectivity index (χ3n) is 2.25. The average molecular weight is 223 g/mol. The molecule has 16 heavy (non-hydrogen) atoms. The first kappa shape index (κ1) is 12.7. The van der Waals surface area contributed by atoms with Crippen molar-refractivity contribution in [2.75, 3.05) is 13.2 Å². The Labute approximate surface area is 96.1 Å². The van der Waals surface area contributed by atoms with Gasteiger partial charge in [-0.05, 0) is 37.2 Å². The van der Waals surface area contributed by atoms with Crippen LogP contribution in [0.5, 0.6) is 0 Å². The maximum atomic E-state index is 13.1. The zero-order valence-corrected chi connectivity index (χ0v) is 9.85. The molecule has 1 rings (SSSR count). The topological polar surface area (TPSA) is 21.3 Å². The molecule has 0 aliphatic carbocycles. The molecule has 0 fully saturated rings. The van der Waals surface area contributed by atoms with E-state index in [1.165, 1.54) is 12.1 Å². The minimum Gasteiger partial charge on any atom is -0.494 e. The van der Waals surface area contributed by atoms with Gasteiger partial charge in [0.25, 0.3) is 0 Å². The first-order valence-electron chi connectivity index (χ1n) is 5.50. The molecule has 0 unspecified atom stereocenters. The highest BCUT2D eigenvalue weighted by Gasteiger charge is 2.07. The Morgan fingerprint density at radius 2 is 2.19 bits per heavy atom. The van der Waals surface area contributed by atoms with Crippen LogP contribution in [-0.2, 0) is 11.3 Å². The second-order valence-corrected chi connectivity index (χ2v) is 3.44.